The first-order valence-electron chi connectivity index (χ1n) is 11.5. The fourth-order valence-electron chi connectivity index (χ4n) is 3.56. The number of halogens is 1. The van der Waals surface area contributed by atoms with Crippen molar-refractivity contribution in [2.45, 2.75) is 45.7 Å². The van der Waals surface area contributed by atoms with Crippen molar-refractivity contribution < 1.29 is 22.7 Å². The van der Waals surface area contributed by atoms with Crippen molar-refractivity contribution in [3.05, 3.63) is 59.1 Å². The minimum atomic E-state index is -3.58. The molecule has 0 bridgehead atoms. The molecule has 0 saturated heterocycles. The molecule has 0 aliphatic heterocycles. The van der Waals surface area contributed by atoms with Crippen LogP contribution in [0.2, 0.25) is 5.02 Å². The lowest BCUT2D eigenvalue weighted by molar-refractivity contribution is -0.140. The molecule has 10 heteroatoms. The maximum Gasteiger partial charge on any atom is 0.242 e. The molecule has 0 aliphatic rings. The Balaban J connectivity index is 2.17. The average molecular weight is 524 g/mol. The van der Waals surface area contributed by atoms with Crippen LogP contribution in [-0.4, -0.2) is 57.6 Å². The lowest BCUT2D eigenvalue weighted by atomic mass is 10.1. The average Bonchev–Trinajstić information content (AvgIpc) is 2.83. The van der Waals surface area contributed by atoms with Crippen molar-refractivity contribution >= 4 is 39.1 Å². The monoisotopic (exact) mass is 523 g/mol. The molecule has 2 rings (SSSR count). The van der Waals surface area contributed by atoms with Gasteiger partial charge in [-0.1, -0.05) is 42.8 Å². The van der Waals surface area contributed by atoms with Crippen LogP contribution in [0.25, 0.3) is 0 Å². The number of hydrogen-bond donors (Lipinski definition) is 1. The minimum Gasteiger partial charge on any atom is -0.497 e. The largest absolute Gasteiger partial charge is 0.497 e. The van der Waals surface area contributed by atoms with Gasteiger partial charge in [-0.15, -0.1) is 0 Å². The summed E-state index contributed by atoms with van der Waals surface area (Å²) in [5.74, 6) is 0.0228. The van der Waals surface area contributed by atoms with Crippen LogP contribution in [0.15, 0.2) is 48.5 Å². The molecule has 0 spiro atoms. The van der Waals surface area contributed by atoms with E-state index >= 15 is 0 Å². The summed E-state index contributed by atoms with van der Waals surface area (Å²) in [4.78, 5) is 27.4. The highest BCUT2D eigenvalue weighted by atomic mass is 35.5. The number of benzene rings is 2. The Morgan fingerprint density at radius 2 is 1.86 bits per heavy atom. The number of rotatable bonds is 13. The second-order valence-corrected chi connectivity index (χ2v) is 10.5. The first-order chi connectivity index (χ1) is 16.6. The molecule has 0 aromatic heterocycles. The number of sulfonamides is 1. The van der Waals surface area contributed by atoms with Gasteiger partial charge in [0.05, 0.1) is 19.1 Å². The number of amides is 2. The molecule has 0 fully saturated rings. The summed E-state index contributed by atoms with van der Waals surface area (Å²) in [5.41, 5.74) is 1.19. The standard InChI is InChI=1S/C25H34ClN3O5S/c1-5-15-27-25(31)19(2)28(18-20-10-6-7-13-23(20)26)24(30)14-9-16-29(35(4,32)33)21-11-8-12-22(17-21)34-3/h6-8,10-13,17,19H,5,9,14-16,18H2,1-4H3,(H,27,31). The minimum absolute atomic E-state index is 0.0613. The Morgan fingerprint density at radius 3 is 2.49 bits per heavy atom. The molecular weight excluding hydrogens is 490 g/mol. The third-order valence-corrected chi connectivity index (χ3v) is 7.07. The molecule has 0 heterocycles. The molecule has 2 amide bonds. The predicted molar refractivity (Wildman–Crippen MR) is 139 cm³/mol. The molecule has 0 saturated carbocycles. The highest BCUT2D eigenvalue weighted by Crippen LogP contribution is 2.24. The van der Waals surface area contributed by atoms with Gasteiger partial charge in [0.25, 0.3) is 0 Å². The lowest BCUT2D eigenvalue weighted by Gasteiger charge is -2.29. The van der Waals surface area contributed by atoms with E-state index in [1.807, 2.05) is 19.1 Å². The van der Waals surface area contributed by atoms with Gasteiger partial charge < -0.3 is 15.0 Å². The zero-order valence-electron chi connectivity index (χ0n) is 20.7. The SMILES string of the molecule is CCCNC(=O)C(C)N(Cc1ccccc1Cl)C(=O)CCCN(c1cccc(OC)c1)S(C)(=O)=O. The summed E-state index contributed by atoms with van der Waals surface area (Å²) in [6.45, 7) is 4.42. The molecule has 2 aromatic rings. The zero-order chi connectivity index (χ0) is 26.0. The van der Waals surface area contributed by atoms with Gasteiger partial charge >= 0.3 is 0 Å². The molecule has 1 atom stereocenters. The van der Waals surface area contributed by atoms with Crippen molar-refractivity contribution in [3.8, 4) is 5.75 Å². The Bertz CT molecular complexity index is 1110. The first kappa shape index (κ1) is 28.5. The molecule has 1 N–H and O–H groups in total. The fraction of sp³-hybridized carbons (Fsp3) is 0.440. The van der Waals surface area contributed by atoms with E-state index in [0.717, 1.165) is 18.2 Å². The van der Waals surface area contributed by atoms with Gasteiger partial charge in [0, 0.05) is 37.1 Å². The van der Waals surface area contributed by atoms with Gasteiger partial charge in [0.1, 0.15) is 11.8 Å². The third-order valence-electron chi connectivity index (χ3n) is 5.51. The number of anilines is 1. The van der Waals surface area contributed by atoms with Gasteiger partial charge in [-0.25, -0.2) is 8.42 Å². The highest BCUT2D eigenvalue weighted by Gasteiger charge is 2.27. The Labute approximate surface area is 213 Å². The molecule has 0 radical (unpaired) electrons. The van der Waals surface area contributed by atoms with E-state index in [9.17, 15) is 18.0 Å². The van der Waals surface area contributed by atoms with E-state index in [1.54, 1.807) is 43.3 Å². The summed E-state index contributed by atoms with van der Waals surface area (Å²) in [6, 6.07) is 13.2. The van der Waals surface area contributed by atoms with E-state index in [-0.39, 0.29) is 37.7 Å². The summed E-state index contributed by atoms with van der Waals surface area (Å²) >= 11 is 6.31. The Morgan fingerprint density at radius 1 is 1.14 bits per heavy atom. The van der Waals surface area contributed by atoms with Crippen molar-refractivity contribution in [1.82, 2.24) is 10.2 Å². The van der Waals surface area contributed by atoms with E-state index in [0.29, 0.717) is 23.0 Å². The van der Waals surface area contributed by atoms with Crippen molar-refractivity contribution in [3.63, 3.8) is 0 Å². The van der Waals surface area contributed by atoms with Crippen molar-refractivity contribution in [1.29, 1.82) is 0 Å². The summed E-state index contributed by atoms with van der Waals surface area (Å²) < 4.78 is 31.3. The maximum atomic E-state index is 13.3. The van der Waals surface area contributed by atoms with Gasteiger partial charge in [-0.2, -0.15) is 0 Å². The maximum absolute atomic E-state index is 13.3. The Kier molecular flexibility index (Phi) is 10.9. The molecule has 192 valence electrons. The van der Waals surface area contributed by atoms with E-state index < -0.39 is 16.1 Å². The summed E-state index contributed by atoms with van der Waals surface area (Å²) in [6.07, 6.45) is 2.23. The summed E-state index contributed by atoms with van der Waals surface area (Å²) in [7, 11) is -2.08. The van der Waals surface area contributed by atoms with Gasteiger partial charge in [0.15, 0.2) is 0 Å². The molecular formula is C25H34ClN3O5S. The quantitative estimate of drug-likeness (QED) is 0.430. The number of nitrogens with one attached hydrogen (secondary N) is 1. The van der Waals surface area contributed by atoms with Gasteiger partial charge in [-0.05, 0) is 43.5 Å². The van der Waals surface area contributed by atoms with Gasteiger partial charge in [-0.3, -0.25) is 13.9 Å². The first-order valence-corrected chi connectivity index (χ1v) is 13.7. The number of carbonyl (C=O) groups excluding carboxylic acids is 2. The fourth-order valence-corrected chi connectivity index (χ4v) is 4.71. The van der Waals surface area contributed by atoms with Crippen molar-refractivity contribution in [2.75, 3.05) is 30.8 Å². The third kappa shape index (κ3) is 8.43. The van der Waals surface area contributed by atoms with E-state index in [4.69, 9.17) is 16.3 Å². The van der Waals surface area contributed by atoms with Crippen LogP contribution in [0.5, 0.6) is 5.75 Å². The van der Waals surface area contributed by atoms with E-state index in [1.165, 1.54) is 16.3 Å². The number of nitrogens with zero attached hydrogens (tertiary/aromatic N) is 2. The van der Waals surface area contributed by atoms with Crippen LogP contribution < -0.4 is 14.4 Å². The second kappa shape index (κ2) is 13.3. The van der Waals surface area contributed by atoms with E-state index in [2.05, 4.69) is 5.32 Å². The molecule has 8 nitrogen and oxygen atoms in total. The smallest absolute Gasteiger partial charge is 0.242 e. The van der Waals surface area contributed by atoms with Gasteiger partial charge in [0.2, 0.25) is 21.8 Å². The zero-order valence-corrected chi connectivity index (χ0v) is 22.2. The van der Waals surface area contributed by atoms with Crippen LogP contribution in [0, 0.1) is 0 Å². The summed E-state index contributed by atoms with van der Waals surface area (Å²) in [5, 5.41) is 3.34. The van der Waals surface area contributed by atoms with Crippen LogP contribution >= 0.6 is 11.6 Å². The van der Waals surface area contributed by atoms with Crippen LogP contribution in [0.3, 0.4) is 0 Å². The number of ether oxygens (including phenoxy) is 1. The predicted octanol–water partition coefficient (Wildman–Crippen LogP) is 3.84. The lowest BCUT2D eigenvalue weighted by Crippen LogP contribution is -2.47. The van der Waals surface area contributed by atoms with Crippen molar-refractivity contribution in [2.24, 2.45) is 0 Å². The number of carbonyl (C=O) groups is 2. The topological polar surface area (TPSA) is 96.0 Å². The second-order valence-electron chi connectivity index (χ2n) is 8.22. The molecule has 35 heavy (non-hydrogen) atoms. The molecule has 2 aromatic carbocycles. The highest BCUT2D eigenvalue weighted by molar-refractivity contribution is 7.92. The number of methoxy groups -OCH3 is 1. The Hall–Kier alpha value is -2.78. The normalized spacial score (nSPS) is 12.0. The number of hydrogen-bond acceptors (Lipinski definition) is 5. The van der Waals surface area contributed by atoms with Crippen LogP contribution in [-0.2, 0) is 26.2 Å². The van der Waals surface area contributed by atoms with Crippen LogP contribution in [0.1, 0.15) is 38.7 Å². The molecule has 1 unspecified atom stereocenters. The molecule has 0 aliphatic carbocycles. The van der Waals surface area contributed by atoms with Crippen LogP contribution in [0.4, 0.5) is 5.69 Å².